The molecule has 0 radical (unpaired) electrons. The first-order valence-corrected chi connectivity index (χ1v) is 10.8. The number of rotatable bonds is 8. The minimum absolute atomic E-state index is 0.220. The van der Waals surface area contributed by atoms with Gasteiger partial charge in [-0.05, 0) is 42.4 Å². The lowest BCUT2D eigenvalue weighted by Crippen LogP contribution is -2.67. The van der Waals surface area contributed by atoms with E-state index >= 15 is 0 Å². The van der Waals surface area contributed by atoms with Gasteiger partial charge in [-0.1, -0.05) is 11.3 Å². The normalized spacial score (nSPS) is 23.7. The highest BCUT2D eigenvalue weighted by Crippen LogP contribution is 2.69. The Labute approximate surface area is 184 Å². The number of ether oxygens (including phenoxy) is 1. The van der Waals surface area contributed by atoms with Crippen LogP contribution in [0.2, 0.25) is 0 Å². The maximum absolute atomic E-state index is 13.7. The van der Waals surface area contributed by atoms with Gasteiger partial charge in [0.2, 0.25) is 0 Å². The highest BCUT2D eigenvalue weighted by molar-refractivity contribution is 5.64. The summed E-state index contributed by atoms with van der Waals surface area (Å²) in [6, 6.07) is 5.90. The largest absolute Gasteiger partial charge is 0.496 e. The second-order valence-electron chi connectivity index (χ2n) is 9.20. The SMILES string of the molecule is COc1ccncc1-c1cn(Cc2cn3cc(CNCC45CC(F)(C4)C5)ccc3n2)nn1. The van der Waals surface area contributed by atoms with Crippen molar-refractivity contribution in [1.29, 1.82) is 0 Å². The lowest BCUT2D eigenvalue weighted by Gasteiger charge is -2.66. The molecule has 32 heavy (non-hydrogen) atoms. The number of aromatic nitrogens is 6. The summed E-state index contributed by atoms with van der Waals surface area (Å²) in [5.74, 6) is 0.708. The Morgan fingerprint density at radius 3 is 2.84 bits per heavy atom. The average molecular weight is 433 g/mol. The van der Waals surface area contributed by atoms with Gasteiger partial charge in [0.15, 0.2) is 0 Å². The van der Waals surface area contributed by atoms with Crippen molar-refractivity contribution in [3.05, 3.63) is 60.4 Å². The van der Waals surface area contributed by atoms with Crippen molar-refractivity contribution in [2.75, 3.05) is 13.7 Å². The Balaban J connectivity index is 1.12. The highest BCUT2D eigenvalue weighted by atomic mass is 19.1. The third kappa shape index (κ3) is 3.33. The van der Waals surface area contributed by atoms with Gasteiger partial charge < -0.3 is 14.5 Å². The van der Waals surface area contributed by atoms with Gasteiger partial charge in [-0.2, -0.15) is 0 Å². The van der Waals surface area contributed by atoms with Crippen molar-refractivity contribution in [3.63, 3.8) is 0 Å². The predicted octanol–water partition coefficient (Wildman–Crippen LogP) is 3.03. The number of hydrogen-bond acceptors (Lipinski definition) is 6. The summed E-state index contributed by atoms with van der Waals surface area (Å²) >= 11 is 0. The van der Waals surface area contributed by atoms with Gasteiger partial charge in [0.25, 0.3) is 0 Å². The van der Waals surface area contributed by atoms with E-state index in [-0.39, 0.29) is 5.41 Å². The van der Waals surface area contributed by atoms with Gasteiger partial charge in [-0.15, -0.1) is 5.10 Å². The molecule has 164 valence electrons. The molecule has 4 aromatic rings. The van der Waals surface area contributed by atoms with Crippen LogP contribution in [0.15, 0.2) is 49.2 Å². The van der Waals surface area contributed by atoms with E-state index < -0.39 is 5.67 Å². The van der Waals surface area contributed by atoms with Crippen LogP contribution in [0.5, 0.6) is 5.75 Å². The number of halogens is 1. The Hall–Kier alpha value is -3.33. The molecule has 3 aliphatic carbocycles. The zero-order valence-electron chi connectivity index (χ0n) is 17.8. The topological polar surface area (TPSA) is 82.2 Å². The number of nitrogens with one attached hydrogen (secondary N) is 1. The predicted molar refractivity (Wildman–Crippen MR) is 116 cm³/mol. The Bertz CT molecular complexity index is 1280. The number of alkyl halides is 1. The minimum atomic E-state index is -0.831. The highest BCUT2D eigenvalue weighted by Gasteiger charge is 2.68. The molecule has 0 amide bonds. The summed E-state index contributed by atoms with van der Waals surface area (Å²) in [5, 5.41) is 12.0. The smallest absolute Gasteiger partial charge is 0.137 e. The van der Waals surface area contributed by atoms with Crippen LogP contribution in [0.4, 0.5) is 4.39 Å². The van der Waals surface area contributed by atoms with E-state index in [1.165, 1.54) is 5.56 Å². The van der Waals surface area contributed by atoms with Crippen LogP contribution in [0.25, 0.3) is 16.9 Å². The first kappa shape index (κ1) is 19.4. The van der Waals surface area contributed by atoms with Crippen molar-refractivity contribution in [2.45, 2.75) is 38.0 Å². The fraction of sp³-hybridized carbons (Fsp3) is 0.391. The molecular formula is C23H24FN7O. The van der Waals surface area contributed by atoms with E-state index in [9.17, 15) is 4.39 Å². The molecule has 0 saturated heterocycles. The molecule has 3 fully saturated rings. The maximum Gasteiger partial charge on any atom is 0.137 e. The molecule has 3 saturated carbocycles. The molecule has 3 aliphatic rings. The zero-order valence-corrected chi connectivity index (χ0v) is 17.8. The van der Waals surface area contributed by atoms with Gasteiger partial charge in [0.1, 0.15) is 22.8 Å². The minimum Gasteiger partial charge on any atom is -0.496 e. The summed E-state index contributed by atoms with van der Waals surface area (Å²) in [4.78, 5) is 8.85. The monoisotopic (exact) mass is 433 g/mol. The fourth-order valence-corrected chi connectivity index (χ4v) is 5.21. The van der Waals surface area contributed by atoms with Gasteiger partial charge in [0, 0.05) is 37.9 Å². The van der Waals surface area contributed by atoms with E-state index in [1.54, 1.807) is 30.3 Å². The van der Waals surface area contributed by atoms with Crippen LogP contribution in [0.3, 0.4) is 0 Å². The van der Waals surface area contributed by atoms with E-state index in [4.69, 9.17) is 9.72 Å². The van der Waals surface area contributed by atoms with Crippen LogP contribution in [0, 0.1) is 5.41 Å². The van der Waals surface area contributed by atoms with E-state index in [0.29, 0.717) is 18.0 Å². The molecule has 0 aliphatic heterocycles. The average Bonchev–Trinajstić information content (AvgIpc) is 3.38. The number of imidazole rings is 1. The van der Waals surface area contributed by atoms with Crippen LogP contribution in [0.1, 0.15) is 30.5 Å². The van der Waals surface area contributed by atoms with Crippen molar-refractivity contribution < 1.29 is 9.13 Å². The van der Waals surface area contributed by atoms with Crippen molar-refractivity contribution in [3.8, 4) is 17.0 Å². The van der Waals surface area contributed by atoms with Crippen molar-refractivity contribution in [1.82, 2.24) is 34.7 Å². The van der Waals surface area contributed by atoms with Crippen LogP contribution in [-0.2, 0) is 13.1 Å². The summed E-state index contributed by atoms with van der Waals surface area (Å²) in [7, 11) is 1.62. The number of fused-ring (bicyclic) bond motifs is 1. The second kappa shape index (κ2) is 7.09. The first-order valence-electron chi connectivity index (χ1n) is 10.8. The molecule has 2 bridgehead atoms. The standard InChI is InChI=1S/C23H24FN7O/c1-32-20-4-5-25-7-18(20)19-11-31(29-28-19)10-17-9-30-8-16(2-3-21(30)27-17)6-26-15-22-12-23(24,13-22)14-22/h2-5,7-9,11,26H,6,10,12-15H2,1H3. The summed E-state index contributed by atoms with van der Waals surface area (Å²) in [5.41, 5.74) is 3.85. The van der Waals surface area contributed by atoms with Gasteiger partial charge in [-0.25, -0.2) is 14.1 Å². The number of nitrogens with zero attached hydrogens (tertiary/aromatic N) is 6. The van der Waals surface area contributed by atoms with E-state index in [2.05, 4.69) is 32.9 Å². The Morgan fingerprint density at radius 2 is 2.03 bits per heavy atom. The molecule has 8 nitrogen and oxygen atoms in total. The summed E-state index contributed by atoms with van der Waals surface area (Å²) in [6.45, 7) is 2.17. The second-order valence-corrected chi connectivity index (χ2v) is 9.20. The first-order chi connectivity index (χ1) is 15.5. The molecule has 4 aromatic heterocycles. The molecule has 9 heteroatoms. The lowest BCUT2D eigenvalue weighted by atomic mass is 9.42. The van der Waals surface area contributed by atoms with Crippen LogP contribution >= 0.6 is 0 Å². The third-order valence-corrected chi connectivity index (χ3v) is 6.61. The van der Waals surface area contributed by atoms with E-state index in [0.717, 1.165) is 49.3 Å². The van der Waals surface area contributed by atoms with Crippen molar-refractivity contribution >= 4 is 5.65 Å². The molecule has 0 unspecified atom stereocenters. The molecule has 0 aromatic carbocycles. The van der Waals surface area contributed by atoms with Gasteiger partial charge in [0.05, 0.1) is 31.1 Å². The van der Waals surface area contributed by atoms with Gasteiger partial charge >= 0.3 is 0 Å². The molecule has 7 rings (SSSR count). The Kier molecular flexibility index (Phi) is 4.29. The van der Waals surface area contributed by atoms with Crippen molar-refractivity contribution in [2.24, 2.45) is 5.41 Å². The van der Waals surface area contributed by atoms with Gasteiger partial charge in [-0.3, -0.25) is 4.98 Å². The molecule has 0 atom stereocenters. The number of pyridine rings is 2. The fourth-order valence-electron chi connectivity index (χ4n) is 5.21. The van der Waals surface area contributed by atoms with Crippen LogP contribution in [-0.4, -0.2) is 48.7 Å². The zero-order chi connectivity index (χ0) is 21.8. The van der Waals surface area contributed by atoms with Crippen LogP contribution < -0.4 is 10.1 Å². The number of hydrogen-bond donors (Lipinski definition) is 1. The molecule has 1 N–H and O–H groups in total. The molecule has 4 heterocycles. The summed E-state index contributed by atoms with van der Waals surface area (Å²) < 4.78 is 22.8. The molecular weight excluding hydrogens is 409 g/mol. The van der Waals surface area contributed by atoms with E-state index in [1.807, 2.05) is 22.9 Å². The number of methoxy groups -OCH3 is 1. The Morgan fingerprint density at radius 1 is 1.16 bits per heavy atom. The maximum atomic E-state index is 13.7. The quantitative estimate of drug-likeness (QED) is 0.460. The lowest BCUT2D eigenvalue weighted by molar-refractivity contribution is -0.209. The molecule has 0 spiro atoms. The third-order valence-electron chi connectivity index (χ3n) is 6.61. The summed E-state index contributed by atoms with van der Waals surface area (Å²) in [6.07, 6.45) is 11.6.